The van der Waals surface area contributed by atoms with Crippen molar-refractivity contribution in [2.45, 2.75) is 43.6 Å². The van der Waals surface area contributed by atoms with E-state index >= 15 is 0 Å². The minimum absolute atomic E-state index is 0.140. The summed E-state index contributed by atoms with van der Waals surface area (Å²) in [5.41, 5.74) is 9.34. The number of rotatable bonds is 3. The third-order valence-corrected chi connectivity index (χ3v) is 5.14. The van der Waals surface area contributed by atoms with Gasteiger partial charge < -0.3 is 5.73 Å². The molecular weight excluding hydrogens is 226 g/mol. The SMILES string of the molecule is NC1(Cc2cccc(C3CCSCC3)c2)CC1. The van der Waals surface area contributed by atoms with Crippen LogP contribution in [0.4, 0.5) is 0 Å². The van der Waals surface area contributed by atoms with E-state index in [2.05, 4.69) is 36.0 Å². The highest BCUT2D eigenvalue weighted by Crippen LogP contribution is 2.37. The Labute approximate surface area is 108 Å². The summed E-state index contributed by atoms with van der Waals surface area (Å²) < 4.78 is 0. The van der Waals surface area contributed by atoms with E-state index in [9.17, 15) is 0 Å². The number of thioether (sulfide) groups is 1. The molecule has 0 unspecified atom stereocenters. The van der Waals surface area contributed by atoms with Gasteiger partial charge in [-0.2, -0.15) is 11.8 Å². The summed E-state index contributed by atoms with van der Waals surface area (Å²) in [7, 11) is 0. The minimum atomic E-state index is 0.140. The maximum atomic E-state index is 6.20. The third-order valence-electron chi connectivity index (χ3n) is 4.09. The largest absolute Gasteiger partial charge is 0.325 e. The highest BCUT2D eigenvalue weighted by atomic mass is 32.2. The smallest absolute Gasteiger partial charge is 0.0196 e. The lowest BCUT2D eigenvalue weighted by Gasteiger charge is -2.22. The van der Waals surface area contributed by atoms with Gasteiger partial charge in [0.15, 0.2) is 0 Å². The summed E-state index contributed by atoms with van der Waals surface area (Å²) in [6.45, 7) is 0. The van der Waals surface area contributed by atoms with Crippen LogP contribution in [0.1, 0.15) is 42.7 Å². The highest BCUT2D eigenvalue weighted by Gasteiger charge is 2.37. The standard InChI is InChI=1S/C15H21NS/c16-15(6-7-15)11-12-2-1-3-14(10-12)13-4-8-17-9-5-13/h1-3,10,13H,4-9,11,16H2. The van der Waals surface area contributed by atoms with Crippen LogP contribution in [0.15, 0.2) is 24.3 Å². The van der Waals surface area contributed by atoms with Gasteiger partial charge in [0, 0.05) is 5.54 Å². The molecule has 2 heteroatoms. The topological polar surface area (TPSA) is 26.0 Å². The van der Waals surface area contributed by atoms with E-state index < -0.39 is 0 Å². The molecule has 2 aliphatic rings. The van der Waals surface area contributed by atoms with Crippen LogP contribution >= 0.6 is 11.8 Å². The van der Waals surface area contributed by atoms with Gasteiger partial charge in [-0.15, -0.1) is 0 Å². The summed E-state index contributed by atoms with van der Waals surface area (Å²) in [4.78, 5) is 0. The Hall–Kier alpha value is -0.470. The molecule has 92 valence electrons. The number of benzene rings is 1. The van der Waals surface area contributed by atoms with Crippen LogP contribution in [0, 0.1) is 0 Å². The van der Waals surface area contributed by atoms with E-state index in [1.54, 1.807) is 5.56 Å². The first-order valence-electron chi connectivity index (χ1n) is 6.71. The van der Waals surface area contributed by atoms with Crippen LogP contribution in [0.25, 0.3) is 0 Å². The molecule has 3 rings (SSSR count). The second kappa shape index (κ2) is 4.66. The summed E-state index contributed by atoms with van der Waals surface area (Å²) >= 11 is 2.10. The summed E-state index contributed by atoms with van der Waals surface area (Å²) in [6, 6.07) is 9.18. The molecule has 1 aromatic rings. The summed E-state index contributed by atoms with van der Waals surface area (Å²) in [5.74, 6) is 3.45. The first-order chi connectivity index (χ1) is 8.25. The Morgan fingerprint density at radius 2 is 2.00 bits per heavy atom. The predicted octanol–water partition coefficient (Wildman–Crippen LogP) is 3.33. The van der Waals surface area contributed by atoms with Crippen molar-refractivity contribution < 1.29 is 0 Å². The maximum Gasteiger partial charge on any atom is 0.0196 e. The fourth-order valence-electron chi connectivity index (χ4n) is 2.73. The first-order valence-corrected chi connectivity index (χ1v) is 7.86. The van der Waals surface area contributed by atoms with E-state index in [1.807, 2.05) is 0 Å². The summed E-state index contributed by atoms with van der Waals surface area (Å²) in [6.07, 6.45) is 6.18. The van der Waals surface area contributed by atoms with Gasteiger partial charge in [-0.05, 0) is 60.7 Å². The molecule has 1 aliphatic heterocycles. The van der Waals surface area contributed by atoms with E-state index in [4.69, 9.17) is 5.73 Å². The minimum Gasteiger partial charge on any atom is -0.325 e. The van der Waals surface area contributed by atoms with Crippen LogP contribution in [0.5, 0.6) is 0 Å². The van der Waals surface area contributed by atoms with Gasteiger partial charge in [0.2, 0.25) is 0 Å². The Kier molecular flexibility index (Phi) is 3.18. The van der Waals surface area contributed by atoms with Gasteiger partial charge >= 0.3 is 0 Å². The van der Waals surface area contributed by atoms with Crippen LogP contribution in [0.3, 0.4) is 0 Å². The average Bonchev–Trinajstić information content (AvgIpc) is 3.08. The van der Waals surface area contributed by atoms with Crippen molar-refractivity contribution in [3.05, 3.63) is 35.4 Å². The van der Waals surface area contributed by atoms with Crippen LogP contribution in [-0.4, -0.2) is 17.0 Å². The van der Waals surface area contributed by atoms with Gasteiger partial charge in [0.05, 0.1) is 0 Å². The van der Waals surface area contributed by atoms with Crippen molar-refractivity contribution in [2.75, 3.05) is 11.5 Å². The quantitative estimate of drug-likeness (QED) is 0.886. The molecule has 1 nitrogen and oxygen atoms in total. The van der Waals surface area contributed by atoms with Crippen molar-refractivity contribution in [3.8, 4) is 0 Å². The van der Waals surface area contributed by atoms with Crippen molar-refractivity contribution in [2.24, 2.45) is 5.73 Å². The van der Waals surface area contributed by atoms with E-state index in [0.29, 0.717) is 0 Å². The molecule has 0 spiro atoms. The maximum absolute atomic E-state index is 6.20. The molecular formula is C15H21NS. The molecule has 0 bridgehead atoms. The molecule has 0 radical (unpaired) electrons. The van der Waals surface area contributed by atoms with Crippen LogP contribution in [-0.2, 0) is 6.42 Å². The normalized spacial score (nSPS) is 23.6. The highest BCUT2D eigenvalue weighted by molar-refractivity contribution is 7.99. The van der Waals surface area contributed by atoms with Gasteiger partial charge in [0.25, 0.3) is 0 Å². The zero-order valence-electron chi connectivity index (χ0n) is 10.3. The van der Waals surface area contributed by atoms with Crippen molar-refractivity contribution >= 4 is 11.8 Å². The van der Waals surface area contributed by atoms with Gasteiger partial charge in [-0.25, -0.2) is 0 Å². The molecule has 1 saturated heterocycles. The second-order valence-corrected chi connectivity index (χ2v) is 6.90. The lowest BCUT2D eigenvalue weighted by Crippen LogP contribution is -2.24. The molecule has 1 aliphatic carbocycles. The van der Waals surface area contributed by atoms with Crippen LogP contribution < -0.4 is 5.73 Å². The number of hydrogen-bond acceptors (Lipinski definition) is 2. The molecule has 1 heterocycles. The number of nitrogens with two attached hydrogens (primary N) is 1. The molecule has 0 aromatic heterocycles. The van der Waals surface area contributed by atoms with Crippen molar-refractivity contribution in [1.82, 2.24) is 0 Å². The molecule has 1 aromatic carbocycles. The Morgan fingerprint density at radius 3 is 2.71 bits per heavy atom. The lowest BCUT2D eigenvalue weighted by molar-refractivity contribution is 0.632. The average molecular weight is 247 g/mol. The van der Waals surface area contributed by atoms with E-state index in [0.717, 1.165) is 12.3 Å². The molecule has 17 heavy (non-hydrogen) atoms. The lowest BCUT2D eigenvalue weighted by atomic mass is 9.91. The van der Waals surface area contributed by atoms with Gasteiger partial charge in [-0.1, -0.05) is 24.3 Å². The molecule has 0 amide bonds. The van der Waals surface area contributed by atoms with Crippen molar-refractivity contribution in [3.63, 3.8) is 0 Å². The molecule has 1 saturated carbocycles. The zero-order valence-corrected chi connectivity index (χ0v) is 11.1. The molecule has 0 atom stereocenters. The second-order valence-electron chi connectivity index (χ2n) is 5.67. The van der Waals surface area contributed by atoms with E-state index in [-0.39, 0.29) is 5.54 Å². The van der Waals surface area contributed by atoms with E-state index in [1.165, 1.54) is 42.8 Å². The third kappa shape index (κ3) is 2.86. The Bertz CT molecular complexity index is 392. The Balaban J connectivity index is 1.73. The van der Waals surface area contributed by atoms with Gasteiger partial charge in [-0.3, -0.25) is 0 Å². The fraction of sp³-hybridized carbons (Fsp3) is 0.600. The predicted molar refractivity (Wildman–Crippen MR) is 75.6 cm³/mol. The molecule has 2 fully saturated rings. The summed E-state index contributed by atoms with van der Waals surface area (Å²) in [5, 5.41) is 0. The molecule has 2 N–H and O–H groups in total. The van der Waals surface area contributed by atoms with Crippen LogP contribution in [0.2, 0.25) is 0 Å². The Morgan fingerprint density at radius 1 is 1.24 bits per heavy atom. The fourth-order valence-corrected chi connectivity index (χ4v) is 3.84. The van der Waals surface area contributed by atoms with Crippen molar-refractivity contribution in [1.29, 1.82) is 0 Å². The van der Waals surface area contributed by atoms with Gasteiger partial charge in [0.1, 0.15) is 0 Å². The zero-order chi connectivity index (χ0) is 11.7. The number of hydrogen-bond donors (Lipinski definition) is 1. The monoisotopic (exact) mass is 247 g/mol. The first kappa shape index (κ1) is 11.6.